The molecule has 0 spiro atoms. The van der Waals surface area contributed by atoms with Crippen molar-refractivity contribution in [3.63, 3.8) is 0 Å². The molecule has 0 radical (unpaired) electrons. The molecular formula is C17H20ClFN2O4. The Morgan fingerprint density at radius 2 is 2.00 bits per heavy atom. The van der Waals surface area contributed by atoms with Crippen molar-refractivity contribution in [3.05, 3.63) is 28.3 Å². The Kier molecular flexibility index (Phi) is 5.67. The summed E-state index contributed by atoms with van der Waals surface area (Å²) in [7, 11) is 1.28. The van der Waals surface area contributed by atoms with Crippen LogP contribution in [0.5, 0.6) is 0 Å². The first kappa shape index (κ1) is 19.2. The van der Waals surface area contributed by atoms with Crippen molar-refractivity contribution in [1.82, 2.24) is 4.98 Å². The zero-order chi connectivity index (χ0) is 18.8. The van der Waals surface area contributed by atoms with Gasteiger partial charge in [0.1, 0.15) is 11.3 Å². The summed E-state index contributed by atoms with van der Waals surface area (Å²) in [5.41, 5.74) is 0.152. The summed E-state index contributed by atoms with van der Waals surface area (Å²) in [5, 5.41) is 2.12. The van der Waals surface area contributed by atoms with Gasteiger partial charge in [-0.1, -0.05) is 11.6 Å². The lowest BCUT2D eigenvalue weighted by molar-refractivity contribution is -0.136. The number of carbonyl (C=O) groups excluding carboxylic acids is 2. The van der Waals surface area contributed by atoms with Crippen LogP contribution in [0.25, 0.3) is 5.57 Å². The Morgan fingerprint density at radius 1 is 1.32 bits per heavy atom. The van der Waals surface area contributed by atoms with E-state index in [1.807, 2.05) is 0 Å². The van der Waals surface area contributed by atoms with E-state index in [2.05, 4.69) is 10.3 Å². The Bertz CT molecular complexity index is 741. The molecule has 0 aromatic carbocycles. The van der Waals surface area contributed by atoms with Crippen LogP contribution in [0.15, 0.2) is 11.8 Å². The molecule has 1 aliphatic carbocycles. The van der Waals surface area contributed by atoms with Gasteiger partial charge in [0.05, 0.1) is 17.8 Å². The highest BCUT2D eigenvalue weighted by Gasteiger charge is 2.28. The third kappa shape index (κ3) is 4.48. The maximum atomic E-state index is 14.5. The molecule has 1 aromatic rings. The van der Waals surface area contributed by atoms with Gasteiger partial charge in [-0.3, -0.25) is 10.3 Å². The fraction of sp³-hybridized carbons (Fsp3) is 0.471. The van der Waals surface area contributed by atoms with Crippen LogP contribution in [0, 0.1) is 5.82 Å². The van der Waals surface area contributed by atoms with Crippen LogP contribution in [0.3, 0.4) is 0 Å². The number of allylic oxidation sites excluding steroid dienone is 1. The van der Waals surface area contributed by atoms with Gasteiger partial charge in [-0.15, -0.1) is 0 Å². The third-order valence-corrected chi connectivity index (χ3v) is 3.80. The molecule has 0 saturated heterocycles. The smallest absolute Gasteiger partial charge is 0.412 e. The SMILES string of the molecule is COC(=O)C1=C(c2ncc(Cl)c(F)c2NC(=O)OC(C)(C)C)CCC1. The second kappa shape index (κ2) is 7.39. The largest absolute Gasteiger partial charge is 0.466 e. The minimum absolute atomic E-state index is 0.158. The van der Waals surface area contributed by atoms with E-state index in [9.17, 15) is 14.0 Å². The molecule has 6 nitrogen and oxygen atoms in total. The van der Waals surface area contributed by atoms with Gasteiger partial charge in [-0.2, -0.15) is 0 Å². The number of esters is 1. The molecule has 0 saturated carbocycles. The van der Waals surface area contributed by atoms with Gasteiger partial charge in [0.15, 0.2) is 5.82 Å². The van der Waals surface area contributed by atoms with Crippen LogP contribution in [0.1, 0.15) is 45.7 Å². The molecule has 136 valence electrons. The Labute approximate surface area is 150 Å². The Hall–Kier alpha value is -2.15. The second-order valence-corrected chi connectivity index (χ2v) is 6.98. The number of carbonyl (C=O) groups is 2. The fourth-order valence-corrected chi connectivity index (χ4v) is 2.71. The number of amides is 1. The lowest BCUT2D eigenvalue weighted by Crippen LogP contribution is -2.28. The predicted molar refractivity (Wildman–Crippen MR) is 91.8 cm³/mol. The summed E-state index contributed by atoms with van der Waals surface area (Å²) in [6.45, 7) is 5.07. The number of methoxy groups -OCH3 is 1. The zero-order valence-corrected chi connectivity index (χ0v) is 15.3. The standard InChI is InChI=1S/C17H20ClFN2O4/c1-17(2,3)25-16(23)21-14-12(19)11(18)8-20-13(14)9-6-5-7-10(9)15(22)24-4/h8H,5-7H2,1-4H3,(H,21,23). The van der Waals surface area contributed by atoms with Crippen molar-refractivity contribution in [3.8, 4) is 0 Å². The molecule has 25 heavy (non-hydrogen) atoms. The van der Waals surface area contributed by atoms with E-state index in [-0.39, 0.29) is 16.4 Å². The molecule has 1 aromatic heterocycles. The molecule has 1 amide bonds. The van der Waals surface area contributed by atoms with Crippen LogP contribution in [0.4, 0.5) is 14.9 Å². The van der Waals surface area contributed by atoms with Gasteiger partial charge >= 0.3 is 12.1 Å². The summed E-state index contributed by atoms with van der Waals surface area (Å²) in [5.74, 6) is -1.32. The van der Waals surface area contributed by atoms with Crippen molar-refractivity contribution in [2.45, 2.75) is 45.6 Å². The molecule has 0 fully saturated rings. The van der Waals surface area contributed by atoms with E-state index in [1.165, 1.54) is 7.11 Å². The molecule has 1 N–H and O–H groups in total. The molecule has 0 unspecified atom stereocenters. The van der Waals surface area contributed by atoms with Gasteiger partial charge in [0, 0.05) is 11.8 Å². The van der Waals surface area contributed by atoms with Gasteiger partial charge in [-0.25, -0.2) is 14.0 Å². The number of hydrogen-bond donors (Lipinski definition) is 1. The number of rotatable bonds is 3. The summed E-state index contributed by atoms with van der Waals surface area (Å²) in [6, 6.07) is 0. The number of pyridine rings is 1. The van der Waals surface area contributed by atoms with Crippen molar-refractivity contribution >= 4 is 34.9 Å². The van der Waals surface area contributed by atoms with Crippen LogP contribution >= 0.6 is 11.6 Å². The van der Waals surface area contributed by atoms with Crippen molar-refractivity contribution in [1.29, 1.82) is 0 Å². The second-order valence-electron chi connectivity index (χ2n) is 6.57. The average molecular weight is 371 g/mol. The number of anilines is 1. The van der Waals surface area contributed by atoms with E-state index in [4.69, 9.17) is 21.1 Å². The number of nitrogens with one attached hydrogen (secondary N) is 1. The van der Waals surface area contributed by atoms with Gasteiger partial charge < -0.3 is 9.47 Å². The van der Waals surface area contributed by atoms with Crippen molar-refractivity contribution < 1.29 is 23.5 Å². The molecule has 2 rings (SSSR count). The normalized spacial score (nSPS) is 14.5. The van der Waals surface area contributed by atoms with E-state index < -0.39 is 23.5 Å². The van der Waals surface area contributed by atoms with Gasteiger partial charge in [0.2, 0.25) is 0 Å². The highest BCUT2D eigenvalue weighted by Crippen LogP contribution is 2.39. The molecule has 8 heteroatoms. The molecule has 0 bridgehead atoms. The molecular weight excluding hydrogens is 351 g/mol. The van der Waals surface area contributed by atoms with Crippen LogP contribution < -0.4 is 5.32 Å². The quantitative estimate of drug-likeness (QED) is 0.801. The maximum absolute atomic E-state index is 14.5. The molecule has 0 aliphatic heterocycles. The Balaban J connectivity index is 2.48. The first-order chi connectivity index (χ1) is 11.6. The monoisotopic (exact) mass is 370 g/mol. The molecule has 0 atom stereocenters. The fourth-order valence-electron chi connectivity index (χ4n) is 2.57. The topological polar surface area (TPSA) is 77.5 Å². The predicted octanol–water partition coefficient (Wildman–Crippen LogP) is 4.33. The summed E-state index contributed by atoms with van der Waals surface area (Å²) in [4.78, 5) is 28.1. The number of hydrogen-bond acceptors (Lipinski definition) is 5. The molecule has 1 aliphatic rings. The van der Waals surface area contributed by atoms with E-state index in [0.717, 1.165) is 6.20 Å². The lowest BCUT2D eigenvalue weighted by Gasteiger charge is -2.21. The Morgan fingerprint density at radius 3 is 2.60 bits per heavy atom. The van der Waals surface area contributed by atoms with Crippen molar-refractivity contribution in [2.75, 3.05) is 12.4 Å². The van der Waals surface area contributed by atoms with Crippen LogP contribution in [0.2, 0.25) is 5.02 Å². The molecule has 1 heterocycles. The highest BCUT2D eigenvalue weighted by molar-refractivity contribution is 6.31. The number of ether oxygens (including phenoxy) is 2. The minimum atomic E-state index is -0.838. The van der Waals surface area contributed by atoms with E-state index in [0.29, 0.717) is 30.4 Å². The number of halogens is 2. The van der Waals surface area contributed by atoms with Crippen LogP contribution in [-0.2, 0) is 14.3 Å². The number of aromatic nitrogens is 1. The average Bonchev–Trinajstić information content (AvgIpc) is 2.98. The summed E-state index contributed by atoms with van der Waals surface area (Å²) in [6.07, 6.45) is 2.03. The summed E-state index contributed by atoms with van der Waals surface area (Å²) < 4.78 is 24.5. The minimum Gasteiger partial charge on any atom is -0.466 e. The van der Waals surface area contributed by atoms with E-state index >= 15 is 0 Å². The number of nitrogens with zero attached hydrogens (tertiary/aromatic N) is 1. The maximum Gasteiger partial charge on any atom is 0.412 e. The summed E-state index contributed by atoms with van der Waals surface area (Å²) >= 11 is 5.80. The lowest BCUT2D eigenvalue weighted by atomic mass is 10.1. The van der Waals surface area contributed by atoms with E-state index in [1.54, 1.807) is 20.8 Å². The first-order valence-electron chi connectivity index (χ1n) is 7.78. The van der Waals surface area contributed by atoms with Crippen molar-refractivity contribution in [2.24, 2.45) is 0 Å². The van der Waals surface area contributed by atoms with Crippen LogP contribution in [-0.4, -0.2) is 29.8 Å². The third-order valence-electron chi connectivity index (χ3n) is 3.53. The first-order valence-corrected chi connectivity index (χ1v) is 8.16. The van der Waals surface area contributed by atoms with Gasteiger partial charge in [0.25, 0.3) is 0 Å². The highest BCUT2D eigenvalue weighted by atomic mass is 35.5. The van der Waals surface area contributed by atoms with Gasteiger partial charge in [-0.05, 0) is 45.6 Å². The zero-order valence-electron chi connectivity index (χ0n) is 14.5.